The van der Waals surface area contributed by atoms with Gasteiger partial charge in [-0.2, -0.15) is 0 Å². The number of nitrogens with zero attached hydrogens (tertiary/aromatic N) is 1. The second-order valence-corrected chi connectivity index (χ2v) is 5.26. The number of rotatable bonds is 5. The molecule has 2 N–H and O–H groups in total. The van der Waals surface area contributed by atoms with Crippen molar-refractivity contribution in [3.63, 3.8) is 0 Å². The largest absolute Gasteiger partial charge is 0.338 e. The molecule has 0 atom stereocenters. The normalized spacial score (nSPS) is 16.0. The Morgan fingerprint density at radius 3 is 2.84 bits per heavy atom. The Balaban J connectivity index is 1.57. The summed E-state index contributed by atoms with van der Waals surface area (Å²) in [6, 6.07) is 3.74. The molecule has 2 rings (SSSR count). The van der Waals surface area contributed by atoms with Crippen molar-refractivity contribution in [3.8, 4) is 0 Å². The smallest absolute Gasteiger partial charge is 0.315 e. The molecule has 19 heavy (non-hydrogen) atoms. The van der Waals surface area contributed by atoms with Gasteiger partial charge >= 0.3 is 6.03 Å². The summed E-state index contributed by atoms with van der Waals surface area (Å²) in [6.07, 6.45) is 11.4. The Labute approximate surface area is 115 Å². The predicted molar refractivity (Wildman–Crippen MR) is 75.7 cm³/mol. The molecule has 4 heteroatoms. The van der Waals surface area contributed by atoms with Gasteiger partial charge in [0.1, 0.15) is 0 Å². The van der Waals surface area contributed by atoms with Crippen molar-refractivity contribution in [1.82, 2.24) is 15.6 Å². The van der Waals surface area contributed by atoms with Crippen molar-refractivity contribution in [2.45, 2.75) is 45.1 Å². The lowest BCUT2D eigenvalue weighted by Crippen LogP contribution is -2.36. The van der Waals surface area contributed by atoms with E-state index in [2.05, 4.69) is 15.6 Å². The number of amides is 2. The maximum absolute atomic E-state index is 11.6. The predicted octanol–water partition coefficient (Wildman–Crippen LogP) is 2.85. The molecule has 2 amide bonds. The molecule has 1 aliphatic rings. The molecule has 1 fully saturated rings. The van der Waals surface area contributed by atoms with Gasteiger partial charge in [-0.05, 0) is 24.0 Å². The Morgan fingerprint density at radius 1 is 1.26 bits per heavy atom. The van der Waals surface area contributed by atoms with Crippen molar-refractivity contribution in [2.24, 2.45) is 5.92 Å². The summed E-state index contributed by atoms with van der Waals surface area (Å²) in [5, 5.41) is 5.78. The molecule has 1 saturated carbocycles. The molecule has 1 aromatic heterocycles. The van der Waals surface area contributed by atoms with Gasteiger partial charge in [-0.1, -0.05) is 38.2 Å². The zero-order valence-corrected chi connectivity index (χ0v) is 11.4. The number of aromatic nitrogens is 1. The number of hydrogen-bond donors (Lipinski definition) is 2. The lowest BCUT2D eigenvalue weighted by Gasteiger charge is -2.21. The van der Waals surface area contributed by atoms with E-state index < -0.39 is 0 Å². The fourth-order valence-corrected chi connectivity index (χ4v) is 2.61. The molecule has 1 aromatic rings. The first-order valence-corrected chi connectivity index (χ1v) is 7.25. The van der Waals surface area contributed by atoms with Crippen LogP contribution in [0, 0.1) is 5.92 Å². The summed E-state index contributed by atoms with van der Waals surface area (Å²) >= 11 is 0. The highest BCUT2D eigenvalue weighted by Gasteiger charge is 2.13. The minimum absolute atomic E-state index is 0.0836. The van der Waals surface area contributed by atoms with Crippen molar-refractivity contribution in [3.05, 3.63) is 30.1 Å². The average Bonchev–Trinajstić information content (AvgIpc) is 2.47. The van der Waals surface area contributed by atoms with Gasteiger partial charge < -0.3 is 10.6 Å². The summed E-state index contributed by atoms with van der Waals surface area (Å²) in [5.74, 6) is 0.812. The molecule has 1 heterocycles. The molecule has 0 spiro atoms. The monoisotopic (exact) mass is 261 g/mol. The van der Waals surface area contributed by atoms with Crippen LogP contribution in [0.1, 0.15) is 44.1 Å². The molecule has 104 valence electrons. The van der Waals surface area contributed by atoms with Crippen LogP contribution < -0.4 is 10.6 Å². The van der Waals surface area contributed by atoms with Crippen LogP contribution in [0.4, 0.5) is 4.79 Å². The molecule has 0 unspecified atom stereocenters. The maximum Gasteiger partial charge on any atom is 0.315 e. The van der Waals surface area contributed by atoms with E-state index in [0.717, 1.165) is 24.4 Å². The molecule has 0 bridgehead atoms. The van der Waals surface area contributed by atoms with Crippen LogP contribution in [0.25, 0.3) is 0 Å². The van der Waals surface area contributed by atoms with Crippen LogP contribution in [-0.4, -0.2) is 17.6 Å². The van der Waals surface area contributed by atoms with Crippen LogP contribution in [0.5, 0.6) is 0 Å². The van der Waals surface area contributed by atoms with Crippen LogP contribution in [0.15, 0.2) is 24.5 Å². The first-order valence-electron chi connectivity index (χ1n) is 7.25. The lowest BCUT2D eigenvalue weighted by molar-refractivity contribution is 0.238. The van der Waals surface area contributed by atoms with E-state index in [1.54, 1.807) is 12.4 Å². The van der Waals surface area contributed by atoms with Crippen molar-refractivity contribution in [1.29, 1.82) is 0 Å². The Kier molecular flexibility index (Phi) is 5.66. The standard InChI is InChI=1S/C15H23N3O/c19-15(18-12-14-7-4-9-16-11-14)17-10-8-13-5-2-1-3-6-13/h4,7,9,11,13H,1-3,5-6,8,10,12H2,(H2,17,18,19). The Bertz CT molecular complexity index is 374. The molecule has 1 aliphatic carbocycles. The van der Waals surface area contributed by atoms with Crippen molar-refractivity contribution < 1.29 is 4.79 Å². The zero-order valence-electron chi connectivity index (χ0n) is 11.4. The topological polar surface area (TPSA) is 54.0 Å². The average molecular weight is 261 g/mol. The van der Waals surface area contributed by atoms with E-state index in [9.17, 15) is 4.79 Å². The van der Waals surface area contributed by atoms with E-state index in [4.69, 9.17) is 0 Å². The van der Waals surface area contributed by atoms with Gasteiger partial charge in [-0.3, -0.25) is 4.98 Å². The van der Waals surface area contributed by atoms with Crippen LogP contribution in [0.3, 0.4) is 0 Å². The Morgan fingerprint density at radius 2 is 2.11 bits per heavy atom. The quantitative estimate of drug-likeness (QED) is 0.856. The second kappa shape index (κ2) is 7.77. The number of carbonyl (C=O) groups excluding carboxylic acids is 1. The molecule has 0 aliphatic heterocycles. The molecular weight excluding hydrogens is 238 g/mol. The highest BCUT2D eigenvalue weighted by atomic mass is 16.2. The summed E-state index contributed by atoms with van der Waals surface area (Å²) < 4.78 is 0. The fraction of sp³-hybridized carbons (Fsp3) is 0.600. The SMILES string of the molecule is O=C(NCCC1CCCCC1)NCc1cccnc1. The molecule has 0 aromatic carbocycles. The van der Waals surface area contributed by atoms with Gasteiger partial charge in [0, 0.05) is 25.5 Å². The van der Waals surface area contributed by atoms with E-state index in [1.807, 2.05) is 12.1 Å². The van der Waals surface area contributed by atoms with Gasteiger partial charge in [0.15, 0.2) is 0 Å². The van der Waals surface area contributed by atoms with Crippen LogP contribution >= 0.6 is 0 Å². The summed E-state index contributed by atoms with van der Waals surface area (Å²) in [4.78, 5) is 15.6. The zero-order chi connectivity index (χ0) is 13.3. The van der Waals surface area contributed by atoms with Crippen LogP contribution in [-0.2, 0) is 6.54 Å². The summed E-state index contributed by atoms with van der Waals surface area (Å²) in [6.45, 7) is 1.31. The third-order valence-electron chi connectivity index (χ3n) is 3.74. The molecule has 4 nitrogen and oxygen atoms in total. The van der Waals surface area contributed by atoms with E-state index in [0.29, 0.717) is 6.54 Å². The number of carbonyl (C=O) groups is 1. The second-order valence-electron chi connectivity index (χ2n) is 5.26. The molecule has 0 radical (unpaired) electrons. The fourth-order valence-electron chi connectivity index (χ4n) is 2.61. The van der Waals surface area contributed by atoms with Gasteiger partial charge in [0.2, 0.25) is 0 Å². The lowest BCUT2D eigenvalue weighted by atomic mass is 9.87. The van der Waals surface area contributed by atoms with Crippen molar-refractivity contribution in [2.75, 3.05) is 6.54 Å². The van der Waals surface area contributed by atoms with Crippen LogP contribution in [0.2, 0.25) is 0 Å². The highest BCUT2D eigenvalue weighted by molar-refractivity contribution is 5.73. The van der Waals surface area contributed by atoms with E-state index in [1.165, 1.54) is 32.1 Å². The van der Waals surface area contributed by atoms with Gasteiger partial charge in [0.05, 0.1) is 0 Å². The first kappa shape index (κ1) is 13.8. The third kappa shape index (κ3) is 5.28. The number of urea groups is 1. The maximum atomic E-state index is 11.6. The van der Waals surface area contributed by atoms with E-state index in [-0.39, 0.29) is 6.03 Å². The summed E-state index contributed by atoms with van der Waals surface area (Å²) in [7, 11) is 0. The number of pyridine rings is 1. The number of nitrogens with one attached hydrogen (secondary N) is 2. The molecule has 0 saturated heterocycles. The minimum Gasteiger partial charge on any atom is -0.338 e. The Hall–Kier alpha value is -1.58. The van der Waals surface area contributed by atoms with Gasteiger partial charge in [0.25, 0.3) is 0 Å². The van der Waals surface area contributed by atoms with Gasteiger partial charge in [-0.25, -0.2) is 4.79 Å². The first-order chi connectivity index (χ1) is 9.34. The highest BCUT2D eigenvalue weighted by Crippen LogP contribution is 2.25. The molecular formula is C15H23N3O. The van der Waals surface area contributed by atoms with Gasteiger partial charge in [-0.15, -0.1) is 0 Å². The minimum atomic E-state index is -0.0836. The summed E-state index contributed by atoms with van der Waals surface area (Å²) in [5.41, 5.74) is 1.02. The number of hydrogen-bond acceptors (Lipinski definition) is 2. The van der Waals surface area contributed by atoms with Crippen molar-refractivity contribution >= 4 is 6.03 Å². The van der Waals surface area contributed by atoms with E-state index >= 15 is 0 Å². The third-order valence-corrected chi connectivity index (χ3v) is 3.74.